The van der Waals surface area contributed by atoms with Gasteiger partial charge in [0.15, 0.2) is 0 Å². The molecular weight excluding hydrogens is 188 g/mol. The average Bonchev–Trinajstić information content (AvgIpc) is 2.84. The quantitative estimate of drug-likeness (QED) is 0.597. The smallest absolute Gasteiger partial charge is 0.136 e. The van der Waals surface area contributed by atoms with Crippen LogP contribution in [-0.4, -0.2) is 19.2 Å². The van der Waals surface area contributed by atoms with Crippen molar-refractivity contribution < 1.29 is 0 Å². The zero-order valence-electron chi connectivity index (χ0n) is 8.33. The molecule has 0 amide bonds. The van der Waals surface area contributed by atoms with E-state index in [0.717, 1.165) is 16.8 Å². The second-order valence-electron chi connectivity index (χ2n) is 3.51. The molecule has 74 valence electrons. The van der Waals surface area contributed by atoms with Crippen molar-refractivity contribution in [2.75, 3.05) is 0 Å². The summed E-state index contributed by atoms with van der Waals surface area (Å²) in [5.74, 6) is 0. The number of fused-ring (bicyclic) bond motifs is 1. The maximum absolute atomic E-state index is 4.20. The molecule has 3 heterocycles. The van der Waals surface area contributed by atoms with Crippen LogP contribution in [0.4, 0.5) is 0 Å². The van der Waals surface area contributed by atoms with Gasteiger partial charge in [-0.1, -0.05) is 0 Å². The van der Waals surface area contributed by atoms with E-state index in [-0.39, 0.29) is 0 Å². The van der Waals surface area contributed by atoms with Crippen molar-refractivity contribution in [3.05, 3.63) is 43.1 Å². The van der Waals surface area contributed by atoms with E-state index in [1.807, 2.05) is 36.1 Å². The molecule has 0 saturated carbocycles. The van der Waals surface area contributed by atoms with Crippen molar-refractivity contribution in [1.29, 1.82) is 0 Å². The third-order valence-corrected chi connectivity index (χ3v) is 2.43. The number of imidazole rings is 1. The Bertz CT molecular complexity index is 606. The van der Waals surface area contributed by atoms with Gasteiger partial charge >= 0.3 is 0 Å². The van der Waals surface area contributed by atoms with Crippen LogP contribution in [0.2, 0.25) is 0 Å². The van der Waals surface area contributed by atoms with Crippen LogP contribution >= 0.6 is 0 Å². The first kappa shape index (κ1) is 8.23. The number of rotatable bonds is 1. The average molecular weight is 198 g/mol. The SMILES string of the molecule is Cn1cc(-c2ccc3nccn3c2)cn1. The van der Waals surface area contributed by atoms with Crippen LogP contribution in [0.3, 0.4) is 0 Å². The van der Waals surface area contributed by atoms with E-state index >= 15 is 0 Å². The van der Waals surface area contributed by atoms with Crippen LogP contribution in [0.5, 0.6) is 0 Å². The topological polar surface area (TPSA) is 35.1 Å². The Morgan fingerprint density at radius 3 is 2.87 bits per heavy atom. The molecule has 0 unspecified atom stereocenters. The maximum Gasteiger partial charge on any atom is 0.136 e. The molecule has 0 aromatic carbocycles. The fourth-order valence-electron chi connectivity index (χ4n) is 1.66. The van der Waals surface area contributed by atoms with E-state index in [9.17, 15) is 0 Å². The molecule has 4 heteroatoms. The Morgan fingerprint density at radius 1 is 1.13 bits per heavy atom. The summed E-state index contributed by atoms with van der Waals surface area (Å²) in [6.45, 7) is 0. The predicted molar refractivity (Wildman–Crippen MR) is 57.4 cm³/mol. The summed E-state index contributed by atoms with van der Waals surface area (Å²) in [6.07, 6.45) is 9.65. The fourth-order valence-corrected chi connectivity index (χ4v) is 1.66. The first-order chi connectivity index (χ1) is 7.33. The minimum atomic E-state index is 0.961. The molecule has 3 aromatic rings. The normalized spacial score (nSPS) is 11.0. The van der Waals surface area contributed by atoms with E-state index in [2.05, 4.69) is 22.3 Å². The number of pyridine rings is 1. The van der Waals surface area contributed by atoms with Gasteiger partial charge in [0.2, 0.25) is 0 Å². The molecule has 3 rings (SSSR count). The van der Waals surface area contributed by atoms with Gasteiger partial charge in [0, 0.05) is 43.0 Å². The van der Waals surface area contributed by atoms with Gasteiger partial charge in [0.1, 0.15) is 5.65 Å². The van der Waals surface area contributed by atoms with Gasteiger partial charge in [0.25, 0.3) is 0 Å². The number of aryl methyl sites for hydroxylation is 1. The maximum atomic E-state index is 4.20. The Labute approximate surface area is 86.8 Å². The molecule has 0 radical (unpaired) electrons. The third kappa shape index (κ3) is 1.30. The lowest BCUT2D eigenvalue weighted by atomic mass is 10.2. The molecule has 0 bridgehead atoms. The molecular formula is C11H10N4. The van der Waals surface area contributed by atoms with Crippen molar-refractivity contribution in [2.24, 2.45) is 7.05 Å². The summed E-state index contributed by atoms with van der Waals surface area (Å²) >= 11 is 0. The Kier molecular flexibility index (Phi) is 1.62. The summed E-state index contributed by atoms with van der Waals surface area (Å²) in [4.78, 5) is 4.20. The molecule has 0 aliphatic carbocycles. The van der Waals surface area contributed by atoms with Gasteiger partial charge < -0.3 is 4.40 Å². The second-order valence-corrected chi connectivity index (χ2v) is 3.51. The number of hydrogen-bond acceptors (Lipinski definition) is 2. The minimum absolute atomic E-state index is 0.961. The number of aromatic nitrogens is 4. The minimum Gasteiger partial charge on any atom is -0.306 e. The molecule has 0 N–H and O–H groups in total. The lowest BCUT2D eigenvalue weighted by Crippen LogP contribution is -1.85. The van der Waals surface area contributed by atoms with Gasteiger partial charge in [-0.05, 0) is 12.1 Å². The Hall–Kier alpha value is -2.10. The molecule has 0 saturated heterocycles. The molecule has 0 aliphatic heterocycles. The summed E-state index contributed by atoms with van der Waals surface area (Å²) in [6, 6.07) is 4.06. The molecule has 0 spiro atoms. The largest absolute Gasteiger partial charge is 0.306 e. The summed E-state index contributed by atoms with van der Waals surface area (Å²) in [5, 5.41) is 4.15. The number of nitrogens with zero attached hydrogens (tertiary/aromatic N) is 4. The fraction of sp³-hybridized carbons (Fsp3) is 0.0909. The standard InChI is InChI=1S/C11H10N4/c1-14-7-10(6-13-14)9-2-3-11-12-4-5-15(11)8-9/h2-8H,1H3. The molecule has 0 fully saturated rings. The van der Waals surface area contributed by atoms with E-state index < -0.39 is 0 Å². The summed E-state index contributed by atoms with van der Waals surface area (Å²) in [7, 11) is 1.92. The van der Waals surface area contributed by atoms with Crippen LogP contribution in [0.1, 0.15) is 0 Å². The number of hydrogen-bond donors (Lipinski definition) is 0. The van der Waals surface area contributed by atoms with Crippen molar-refractivity contribution in [3.8, 4) is 11.1 Å². The molecule has 3 aromatic heterocycles. The van der Waals surface area contributed by atoms with Crippen LogP contribution in [0.25, 0.3) is 16.8 Å². The van der Waals surface area contributed by atoms with E-state index in [1.165, 1.54) is 0 Å². The first-order valence-corrected chi connectivity index (χ1v) is 4.75. The highest BCUT2D eigenvalue weighted by Gasteiger charge is 2.01. The van der Waals surface area contributed by atoms with Crippen LogP contribution < -0.4 is 0 Å². The van der Waals surface area contributed by atoms with Gasteiger partial charge in [0.05, 0.1) is 6.20 Å². The highest BCUT2D eigenvalue weighted by atomic mass is 15.2. The van der Waals surface area contributed by atoms with Crippen molar-refractivity contribution in [1.82, 2.24) is 19.2 Å². The van der Waals surface area contributed by atoms with Crippen LogP contribution in [-0.2, 0) is 7.05 Å². The lowest BCUT2D eigenvalue weighted by molar-refractivity contribution is 0.768. The van der Waals surface area contributed by atoms with Crippen molar-refractivity contribution in [3.63, 3.8) is 0 Å². The van der Waals surface area contributed by atoms with Crippen LogP contribution in [0, 0.1) is 0 Å². The van der Waals surface area contributed by atoms with Gasteiger partial charge in [-0.15, -0.1) is 0 Å². The summed E-state index contributed by atoms with van der Waals surface area (Å²) < 4.78 is 3.80. The van der Waals surface area contributed by atoms with Gasteiger partial charge in [-0.2, -0.15) is 5.10 Å². The molecule has 4 nitrogen and oxygen atoms in total. The van der Waals surface area contributed by atoms with Gasteiger partial charge in [-0.25, -0.2) is 4.98 Å². The van der Waals surface area contributed by atoms with Crippen molar-refractivity contribution in [2.45, 2.75) is 0 Å². The lowest BCUT2D eigenvalue weighted by Gasteiger charge is -1.98. The monoisotopic (exact) mass is 198 g/mol. The van der Waals surface area contributed by atoms with E-state index in [0.29, 0.717) is 0 Å². The van der Waals surface area contributed by atoms with E-state index in [4.69, 9.17) is 0 Å². The first-order valence-electron chi connectivity index (χ1n) is 4.75. The zero-order valence-corrected chi connectivity index (χ0v) is 8.33. The van der Waals surface area contributed by atoms with E-state index in [1.54, 1.807) is 10.9 Å². The predicted octanol–water partition coefficient (Wildman–Crippen LogP) is 1.73. The van der Waals surface area contributed by atoms with Gasteiger partial charge in [-0.3, -0.25) is 4.68 Å². The molecule has 0 atom stereocenters. The third-order valence-electron chi connectivity index (χ3n) is 2.43. The second kappa shape index (κ2) is 2.95. The Balaban J connectivity index is 2.18. The Morgan fingerprint density at radius 2 is 2.07 bits per heavy atom. The molecule has 0 aliphatic rings. The highest BCUT2D eigenvalue weighted by molar-refractivity contribution is 5.62. The zero-order chi connectivity index (χ0) is 10.3. The van der Waals surface area contributed by atoms with Crippen LogP contribution in [0.15, 0.2) is 43.1 Å². The highest BCUT2D eigenvalue weighted by Crippen LogP contribution is 2.18. The summed E-state index contributed by atoms with van der Waals surface area (Å²) in [5.41, 5.74) is 3.23. The molecule has 15 heavy (non-hydrogen) atoms. The van der Waals surface area contributed by atoms with Crippen molar-refractivity contribution >= 4 is 5.65 Å².